The molecule has 1 N–H and O–H groups in total. The number of carbonyl (C=O) groups excluding carboxylic acids is 2. The highest BCUT2D eigenvalue weighted by molar-refractivity contribution is 7.15. The van der Waals surface area contributed by atoms with Crippen LogP contribution in [-0.2, 0) is 13.0 Å². The lowest BCUT2D eigenvalue weighted by molar-refractivity contribution is 0.0736. The second-order valence-electron chi connectivity index (χ2n) is 7.13. The van der Waals surface area contributed by atoms with E-state index in [2.05, 4.69) is 10.3 Å². The Kier molecular flexibility index (Phi) is 5.31. The van der Waals surface area contributed by atoms with E-state index in [0.29, 0.717) is 35.8 Å². The molecule has 2 heterocycles. The molecule has 2 amide bonds. The molecule has 0 saturated heterocycles. The zero-order chi connectivity index (χ0) is 20.4. The van der Waals surface area contributed by atoms with Gasteiger partial charge in [-0.15, -0.1) is 0 Å². The van der Waals surface area contributed by atoms with Crippen LogP contribution in [-0.4, -0.2) is 42.3 Å². The molecule has 29 heavy (non-hydrogen) atoms. The largest absolute Gasteiger partial charge is 0.378 e. The van der Waals surface area contributed by atoms with Crippen LogP contribution in [0.2, 0.25) is 0 Å². The molecule has 0 atom stereocenters. The minimum atomic E-state index is -0.182. The summed E-state index contributed by atoms with van der Waals surface area (Å²) in [4.78, 5) is 34.7. The first-order valence-electron chi connectivity index (χ1n) is 9.43. The number of anilines is 2. The normalized spacial score (nSPS) is 13.0. The van der Waals surface area contributed by atoms with Crippen molar-refractivity contribution in [2.45, 2.75) is 13.0 Å². The van der Waals surface area contributed by atoms with E-state index in [9.17, 15) is 9.59 Å². The van der Waals surface area contributed by atoms with Crippen LogP contribution in [0.5, 0.6) is 0 Å². The number of thiazole rings is 1. The van der Waals surface area contributed by atoms with E-state index in [1.54, 1.807) is 12.1 Å². The molecule has 1 aliphatic heterocycles. The highest BCUT2D eigenvalue weighted by Gasteiger charge is 2.25. The summed E-state index contributed by atoms with van der Waals surface area (Å²) in [7, 11) is 3.92. The lowest BCUT2D eigenvalue weighted by Crippen LogP contribution is -2.35. The monoisotopic (exact) mass is 406 g/mol. The number of rotatable bonds is 4. The van der Waals surface area contributed by atoms with Crippen LogP contribution in [0.15, 0.2) is 54.6 Å². The Morgan fingerprint density at radius 3 is 2.45 bits per heavy atom. The molecule has 0 fully saturated rings. The number of nitrogens with one attached hydrogen (secondary N) is 1. The average molecular weight is 407 g/mol. The zero-order valence-electron chi connectivity index (χ0n) is 16.4. The summed E-state index contributed by atoms with van der Waals surface area (Å²) in [5.74, 6) is -0.158. The van der Waals surface area contributed by atoms with Crippen molar-refractivity contribution in [3.63, 3.8) is 0 Å². The number of benzene rings is 2. The Hall–Kier alpha value is -3.19. The molecule has 7 heteroatoms. The number of hydrogen-bond acceptors (Lipinski definition) is 5. The van der Waals surface area contributed by atoms with E-state index < -0.39 is 0 Å². The first kappa shape index (κ1) is 19.1. The number of nitrogens with zero attached hydrogens (tertiary/aromatic N) is 3. The third-order valence-corrected chi connectivity index (χ3v) is 5.90. The topological polar surface area (TPSA) is 65.5 Å². The predicted octanol–water partition coefficient (Wildman–Crippen LogP) is 3.66. The molecule has 0 radical (unpaired) electrons. The fraction of sp³-hybridized carbons (Fsp3) is 0.227. The molecule has 0 spiro atoms. The first-order valence-corrected chi connectivity index (χ1v) is 10.2. The predicted molar refractivity (Wildman–Crippen MR) is 116 cm³/mol. The third kappa shape index (κ3) is 4.14. The second kappa shape index (κ2) is 8.05. The Morgan fingerprint density at radius 2 is 1.76 bits per heavy atom. The Labute approximate surface area is 173 Å². The number of hydrogen-bond donors (Lipinski definition) is 1. The van der Waals surface area contributed by atoms with Crippen molar-refractivity contribution in [1.29, 1.82) is 0 Å². The van der Waals surface area contributed by atoms with Gasteiger partial charge in [0.2, 0.25) is 0 Å². The molecule has 0 bridgehead atoms. The molecule has 0 unspecified atom stereocenters. The van der Waals surface area contributed by atoms with E-state index in [1.165, 1.54) is 11.3 Å². The average Bonchev–Trinajstić information content (AvgIpc) is 3.15. The SMILES string of the molecule is CN(C)c1ccc(C(=O)Nc2nc3c(s2)CN(C(=O)c2ccccc2)CC3)cc1. The fourth-order valence-corrected chi connectivity index (χ4v) is 4.28. The van der Waals surface area contributed by atoms with Gasteiger partial charge in [0, 0.05) is 48.8 Å². The fourth-order valence-electron chi connectivity index (χ4n) is 3.27. The maximum atomic E-state index is 12.7. The van der Waals surface area contributed by atoms with Crippen LogP contribution in [0.3, 0.4) is 0 Å². The first-order chi connectivity index (χ1) is 14.0. The van der Waals surface area contributed by atoms with Gasteiger partial charge in [-0.2, -0.15) is 0 Å². The van der Waals surface area contributed by atoms with Crippen LogP contribution < -0.4 is 10.2 Å². The Morgan fingerprint density at radius 1 is 1.03 bits per heavy atom. The molecule has 0 aliphatic carbocycles. The summed E-state index contributed by atoms with van der Waals surface area (Å²) in [5, 5.41) is 3.47. The quantitative estimate of drug-likeness (QED) is 0.718. The summed E-state index contributed by atoms with van der Waals surface area (Å²) < 4.78 is 0. The smallest absolute Gasteiger partial charge is 0.257 e. The standard InChI is InChI=1S/C22H22N4O2S/c1-25(2)17-10-8-15(9-11-17)20(27)24-22-23-18-12-13-26(14-19(18)29-22)21(28)16-6-4-3-5-7-16/h3-11H,12-14H2,1-2H3,(H,23,24,27). The molecule has 4 rings (SSSR count). The van der Waals surface area contributed by atoms with Crippen molar-refractivity contribution in [2.75, 3.05) is 30.9 Å². The Bertz CT molecular complexity index is 1030. The number of fused-ring (bicyclic) bond motifs is 1. The van der Waals surface area contributed by atoms with Gasteiger partial charge in [-0.05, 0) is 36.4 Å². The third-order valence-electron chi connectivity index (χ3n) is 4.91. The van der Waals surface area contributed by atoms with E-state index in [4.69, 9.17) is 0 Å². The molecular formula is C22H22N4O2S. The summed E-state index contributed by atoms with van der Waals surface area (Å²) in [6, 6.07) is 16.7. The lowest BCUT2D eigenvalue weighted by atomic mass is 10.1. The van der Waals surface area contributed by atoms with Crippen molar-refractivity contribution in [3.05, 3.63) is 76.3 Å². The zero-order valence-corrected chi connectivity index (χ0v) is 17.2. The number of carbonyl (C=O) groups is 2. The minimum absolute atomic E-state index is 0.0243. The van der Waals surface area contributed by atoms with Gasteiger partial charge < -0.3 is 9.80 Å². The van der Waals surface area contributed by atoms with E-state index in [-0.39, 0.29) is 11.8 Å². The van der Waals surface area contributed by atoms with E-state index >= 15 is 0 Å². The van der Waals surface area contributed by atoms with Gasteiger partial charge in [0.25, 0.3) is 11.8 Å². The summed E-state index contributed by atoms with van der Waals surface area (Å²) in [5.41, 5.74) is 3.28. The van der Waals surface area contributed by atoms with Gasteiger partial charge >= 0.3 is 0 Å². The van der Waals surface area contributed by atoms with Crippen LogP contribution in [0.1, 0.15) is 31.3 Å². The van der Waals surface area contributed by atoms with Gasteiger partial charge in [0.1, 0.15) is 0 Å². The van der Waals surface area contributed by atoms with Crippen molar-refractivity contribution in [2.24, 2.45) is 0 Å². The van der Waals surface area contributed by atoms with Crippen LogP contribution in [0.4, 0.5) is 10.8 Å². The second-order valence-corrected chi connectivity index (χ2v) is 8.21. The summed E-state index contributed by atoms with van der Waals surface area (Å²) in [6.45, 7) is 1.15. The van der Waals surface area contributed by atoms with Crippen molar-refractivity contribution in [1.82, 2.24) is 9.88 Å². The van der Waals surface area contributed by atoms with Gasteiger partial charge in [0.05, 0.1) is 12.2 Å². The molecular weight excluding hydrogens is 384 g/mol. The number of aromatic nitrogens is 1. The molecule has 1 aliphatic rings. The van der Waals surface area contributed by atoms with Crippen molar-refractivity contribution in [3.8, 4) is 0 Å². The molecule has 148 valence electrons. The highest BCUT2D eigenvalue weighted by atomic mass is 32.1. The van der Waals surface area contributed by atoms with Crippen LogP contribution in [0.25, 0.3) is 0 Å². The van der Waals surface area contributed by atoms with Crippen molar-refractivity contribution >= 4 is 34.0 Å². The minimum Gasteiger partial charge on any atom is -0.378 e. The van der Waals surface area contributed by atoms with Gasteiger partial charge in [0.15, 0.2) is 5.13 Å². The Balaban J connectivity index is 1.44. The van der Waals surface area contributed by atoms with Crippen LogP contribution >= 0.6 is 11.3 Å². The molecule has 1 aromatic heterocycles. The maximum Gasteiger partial charge on any atom is 0.257 e. The number of amides is 2. The summed E-state index contributed by atoms with van der Waals surface area (Å²) in [6.07, 6.45) is 0.692. The molecule has 2 aromatic carbocycles. The maximum absolute atomic E-state index is 12.7. The van der Waals surface area contributed by atoms with E-state index in [0.717, 1.165) is 16.3 Å². The van der Waals surface area contributed by atoms with Gasteiger partial charge in [-0.1, -0.05) is 29.5 Å². The molecule has 3 aromatic rings. The van der Waals surface area contributed by atoms with Gasteiger partial charge in [-0.3, -0.25) is 14.9 Å². The van der Waals surface area contributed by atoms with Crippen LogP contribution in [0, 0.1) is 0 Å². The summed E-state index contributed by atoms with van der Waals surface area (Å²) >= 11 is 1.44. The van der Waals surface area contributed by atoms with Crippen molar-refractivity contribution < 1.29 is 9.59 Å². The molecule has 6 nitrogen and oxygen atoms in total. The molecule has 0 saturated carbocycles. The van der Waals surface area contributed by atoms with E-state index in [1.807, 2.05) is 66.4 Å². The van der Waals surface area contributed by atoms with Gasteiger partial charge in [-0.25, -0.2) is 4.98 Å². The lowest BCUT2D eigenvalue weighted by Gasteiger charge is -2.26. The highest BCUT2D eigenvalue weighted by Crippen LogP contribution is 2.29.